The molecule has 0 radical (unpaired) electrons. The zero-order chi connectivity index (χ0) is 11.7. The maximum Gasteiger partial charge on any atom is 0.375 e. The third-order valence-electron chi connectivity index (χ3n) is 2.51. The van der Waals surface area contributed by atoms with E-state index in [0.29, 0.717) is 0 Å². The zero-order valence-electron chi connectivity index (χ0n) is 9.01. The summed E-state index contributed by atoms with van der Waals surface area (Å²) >= 11 is 0. The first kappa shape index (κ1) is 10.4. The molecule has 2 rings (SSSR count). The average molecular weight is 217 g/mol. The monoisotopic (exact) mass is 217 g/mol. The minimum absolute atomic E-state index is 0.194. The van der Waals surface area contributed by atoms with Gasteiger partial charge in [-0.15, -0.1) is 5.10 Å². The van der Waals surface area contributed by atoms with Gasteiger partial charge in [-0.3, -0.25) is 0 Å². The zero-order valence-corrected chi connectivity index (χ0v) is 9.01. The second kappa shape index (κ2) is 3.77. The fourth-order valence-electron chi connectivity index (χ4n) is 1.46. The number of hydrogen-bond acceptors (Lipinski definition) is 3. The van der Waals surface area contributed by atoms with Crippen molar-refractivity contribution in [3.63, 3.8) is 0 Å². The van der Waals surface area contributed by atoms with Crippen molar-refractivity contribution in [2.75, 3.05) is 0 Å². The minimum Gasteiger partial charge on any atom is -0.475 e. The van der Waals surface area contributed by atoms with E-state index in [1.165, 1.54) is 11.0 Å². The van der Waals surface area contributed by atoms with E-state index in [1.807, 2.05) is 32.0 Å². The van der Waals surface area contributed by atoms with Gasteiger partial charge in [0.15, 0.2) is 0 Å². The third kappa shape index (κ3) is 1.67. The second-order valence-electron chi connectivity index (χ2n) is 3.54. The van der Waals surface area contributed by atoms with Crippen molar-refractivity contribution < 1.29 is 9.90 Å². The Kier molecular flexibility index (Phi) is 2.44. The van der Waals surface area contributed by atoms with Crippen LogP contribution in [-0.4, -0.2) is 25.8 Å². The summed E-state index contributed by atoms with van der Waals surface area (Å²) in [5, 5.41) is 12.6. The van der Waals surface area contributed by atoms with Crippen LogP contribution in [0, 0.1) is 13.8 Å². The van der Waals surface area contributed by atoms with Gasteiger partial charge in [0.25, 0.3) is 5.82 Å². The van der Waals surface area contributed by atoms with Crippen molar-refractivity contribution in [1.29, 1.82) is 0 Å². The molecule has 1 aromatic heterocycles. The number of carbonyl (C=O) groups is 1. The van der Waals surface area contributed by atoms with Gasteiger partial charge in [-0.25, -0.2) is 14.5 Å². The van der Waals surface area contributed by atoms with Crippen LogP contribution in [0.3, 0.4) is 0 Å². The van der Waals surface area contributed by atoms with Gasteiger partial charge in [0.2, 0.25) is 0 Å². The van der Waals surface area contributed by atoms with Crippen LogP contribution < -0.4 is 0 Å². The molecule has 0 fully saturated rings. The summed E-state index contributed by atoms with van der Waals surface area (Å²) in [6, 6.07) is 5.77. The molecular weight excluding hydrogens is 206 g/mol. The maximum absolute atomic E-state index is 10.7. The summed E-state index contributed by atoms with van der Waals surface area (Å²) in [5.41, 5.74) is 3.04. The van der Waals surface area contributed by atoms with Crippen molar-refractivity contribution in [3.8, 4) is 5.69 Å². The Hall–Kier alpha value is -2.17. The van der Waals surface area contributed by atoms with Crippen molar-refractivity contribution in [1.82, 2.24) is 14.8 Å². The fraction of sp³-hybridized carbons (Fsp3) is 0.182. The van der Waals surface area contributed by atoms with E-state index in [0.717, 1.165) is 16.8 Å². The summed E-state index contributed by atoms with van der Waals surface area (Å²) in [5.74, 6) is -1.31. The molecule has 0 bridgehead atoms. The van der Waals surface area contributed by atoms with Gasteiger partial charge in [0.1, 0.15) is 6.33 Å². The molecule has 0 saturated carbocycles. The molecule has 1 N–H and O–H groups in total. The lowest BCUT2D eigenvalue weighted by Gasteiger charge is -2.06. The van der Waals surface area contributed by atoms with Crippen LogP contribution in [0.4, 0.5) is 0 Å². The Labute approximate surface area is 92.4 Å². The van der Waals surface area contributed by atoms with Crippen LogP contribution in [0.25, 0.3) is 5.69 Å². The van der Waals surface area contributed by atoms with Gasteiger partial charge in [-0.1, -0.05) is 12.1 Å². The number of carboxylic acid groups (broad SMARTS) is 1. The van der Waals surface area contributed by atoms with E-state index >= 15 is 0 Å². The Morgan fingerprint density at radius 3 is 2.75 bits per heavy atom. The lowest BCUT2D eigenvalue weighted by atomic mass is 10.1. The molecule has 1 heterocycles. The molecule has 0 aliphatic carbocycles. The normalized spacial score (nSPS) is 10.4. The molecule has 5 heteroatoms. The molecule has 0 spiro atoms. The van der Waals surface area contributed by atoms with E-state index in [1.54, 1.807) is 0 Å². The van der Waals surface area contributed by atoms with Crippen molar-refractivity contribution in [3.05, 3.63) is 41.5 Å². The molecule has 2 aromatic rings. The molecule has 0 unspecified atom stereocenters. The van der Waals surface area contributed by atoms with Gasteiger partial charge in [0.05, 0.1) is 5.69 Å². The number of rotatable bonds is 2. The summed E-state index contributed by atoms with van der Waals surface area (Å²) in [6.07, 6.45) is 1.41. The van der Waals surface area contributed by atoms with Crippen molar-refractivity contribution >= 4 is 5.97 Å². The van der Waals surface area contributed by atoms with Crippen LogP contribution in [0.5, 0.6) is 0 Å². The first-order valence-corrected chi connectivity index (χ1v) is 4.81. The highest BCUT2D eigenvalue weighted by Gasteiger charge is 2.11. The number of aromatic nitrogens is 3. The predicted molar refractivity (Wildman–Crippen MR) is 57.8 cm³/mol. The quantitative estimate of drug-likeness (QED) is 0.829. The Morgan fingerprint density at radius 2 is 2.12 bits per heavy atom. The molecule has 5 nitrogen and oxygen atoms in total. The average Bonchev–Trinajstić information content (AvgIpc) is 2.71. The van der Waals surface area contributed by atoms with E-state index in [9.17, 15) is 4.79 Å². The molecule has 0 aliphatic rings. The standard InChI is InChI=1S/C11H11N3O2/c1-7-4-3-5-9(8(7)2)14-6-12-10(13-14)11(15)16/h3-6H,1-2H3,(H,15,16). The largest absolute Gasteiger partial charge is 0.475 e. The second-order valence-corrected chi connectivity index (χ2v) is 3.54. The number of carboxylic acids is 1. The maximum atomic E-state index is 10.7. The number of aryl methyl sites for hydroxylation is 1. The van der Waals surface area contributed by atoms with Gasteiger partial charge < -0.3 is 5.11 Å². The highest BCUT2D eigenvalue weighted by atomic mass is 16.4. The van der Waals surface area contributed by atoms with E-state index in [4.69, 9.17) is 5.11 Å². The lowest BCUT2D eigenvalue weighted by Crippen LogP contribution is -2.03. The fourth-order valence-corrected chi connectivity index (χ4v) is 1.46. The Balaban J connectivity index is 2.50. The lowest BCUT2D eigenvalue weighted by molar-refractivity contribution is 0.0683. The van der Waals surface area contributed by atoms with Crippen molar-refractivity contribution in [2.24, 2.45) is 0 Å². The van der Waals surface area contributed by atoms with Crippen LogP contribution >= 0.6 is 0 Å². The number of nitrogens with zero attached hydrogens (tertiary/aromatic N) is 3. The van der Waals surface area contributed by atoms with Gasteiger partial charge >= 0.3 is 5.97 Å². The molecule has 16 heavy (non-hydrogen) atoms. The summed E-state index contributed by atoms with van der Waals surface area (Å²) < 4.78 is 1.48. The minimum atomic E-state index is -1.12. The Bertz CT molecular complexity index is 546. The van der Waals surface area contributed by atoms with Gasteiger partial charge in [-0.2, -0.15) is 0 Å². The van der Waals surface area contributed by atoms with Crippen LogP contribution in [-0.2, 0) is 0 Å². The predicted octanol–water partition coefficient (Wildman–Crippen LogP) is 1.58. The molecule has 0 amide bonds. The summed E-state index contributed by atoms with van der Waals surface area (Å²) in [7, 11) is 0. The first-order valence-electron chi connectivity index (χ1n) is 4.81. The van der Waals surface area contributed by atoms with E-state index in [2.05, 4.69) is 10.1 Å². The molecule has 1 aromatic carbocycles. The van der Waals surface area contributed by atoms with Crippen LogP contribution in [0.15, 0.2) is 24.5 Å². The van der Waals surface area contributed by atoms with E-state index < -0.39 is 5.97 Å². The van der Waals surface area contributed by atoms with Crippen LogP contribution in [0.1, 0.15) is 21.7 Å². The molecule has 0 atom stereocenters. The first-order chi connectivity index (χ1) is 7.59. The number of hydrogen-bond donors (Lipinski definition) is 1. The third-order valence-corrected chi connectivity index (χ3v) is 2.51. The smallest absolute Gasteiger partial charge is 0.375 e. The Morgan fingerprint density at radius 1 is 1.38 bits per heavy atom. The summed E-state index contributed by atoms with van der Waals surface area (Å²) in [6.45, 7) is 3.96. The molecular formula is C11H11N3O2. The molecule has 82 valence electrons. The number of aromatic carboxylic acids is 1. The highest BCUT2D eigenvalue weighted by molar-refractivity contribution is 5.82. The molecule has 0 aliphatic heterocycles. The number of benzene rings is 1. The highest BCUT2D eigenvalue weighted by Crippen LogP contribution is 2.16. The van der Waals surface area contributed by atoms with E-state index in [-0.39, 0.29) is 5.82 Å². The summed E-state index contributed by atoms with van der Waals surface area (Å²) in [4.78, 5) is 14.4. The van der Waals surface area contributed by atoms with Gasteiger partial charge in [-0.05, 0) is 31.0 Å². The van der Waals surface area contributed by atoms with Crippen molar-refractivity contribution in [2.45, 2.75) is 13.8 Å². The molecule has 0 saturated heterocycles. The van der Waals surface area contributed by atoms with Gasteiger partial charge in [0, 0.05) is 0 Å². The van der Waals surface area contributed by atoms with Crippen LogP contribution in [0.2, 0.25) is 0 Å². The topological polar surface area (TPSA) is 68.0 Å². The SMILES string of the molecule is Cc1cccc(-n2cnc(C(=O)O)n2)c1C.